The SMILES string of the molecule is CCNC(=O)N1CCC(NCc2cc(-c3ccccc3)cc3c2OCC3)C(c2ccccc2)C1. The fraction of sp³-hybridized carbons (Fsp3) is 0.345. The second-order valence-corrected chi connectivity index (χ2v) is 9.16. The average Bonchev–Trinajstić information content (AvgIpc) is 3.37. The zero-order chi connectivity index (χ0) is 23.3. The molecule has 2 N–H and O–H groups in total. The third-order valence-corrected chi connectivity index (χ3v) is 6.98. The molecule has 2 aliphatic rings. The number of nitrogens with zero attached hydrogens (tertiary/aromatic N) is 1. The number of hydrogen-bond donors (Lipinski definition) is 2. The van der Waals surface area contributed by atoms with Gasteiger partial charge in [-0.15, -0.1) is 0 Å². The second kappa shape index (κ2) is 10.3. The first kappa shape index (κ1) is 22.5. The van der Waals surface area contributed by atoms with Crippen molar-refractivity contribution in [1.29, 1.82) is 0 Å². The van der Waals surface area contributed by atoms with Gasteiger partial charge in [0.05, 0.1) is 6.61 Å². The van der Waals surface area contributed by atoms with Crippen LogP contribution in [0.2, 0.25) is 0 Å². The molecule has 0 aromatic heterocycles. The number of fused-ring (bicyclic) bond motifs is 1. The van der Waals surface area contributed by atoms with Gasteiger partial charge in [0, 0.05) is 50.1 Å². The number of ether oxygens (including phenoxy) is 1. The molecule has 5 rings (SSSR count). The lowest BCUT2D eigenvalue weighted by Crippen LogP contribution is -2.52. The molecule has 2 heterocycles. The van der Waals surface area contributed by atoms with E-state index in [0.717, 1.165) is 38.3 Å². The van der Waals surface area contributed by atoms with E-state index in [2.05, 4.69) is 77.4 Å². The second-order valence-electron chi connectivity index (χ2n) is 9.16. The van der Waals surface area contributed by atoms with Crippen molar-refractivity contribution >= 4 is 6.03 Å². The van der Waals surface area contributed by atoms with E-state index in [1.54, 1.807) is 0 Å². The van der Waals surface area contributed by atoms with Crippen LogP contribution in [0, 0.1) is 0 Å². The Hall–Kier alpha value is -3.31. The smallest absolute Gasteiger partial charge is 0.317 e. The number of piperidine rings is 1. The Morgan fingerprint density at radius 3 is 2.56 bits per heavy atom. The highest BCUT2D eigenvalue weighted by Gasteiger charge is 2.32. The number of benzene rings is 3. The molecule has 5 nitrogen and oxygen atoms in total. The molecule has 0 radical (unpaired) electrons. The standard InChI is InChI=1S/C29H33N3O2/c1-2-30-29(33)32-15-13-27(26(20-32)22-11-7-4-8-12-22)31-19-25-18-24(21-9-5-3-6-10-21)17-23-14-16-34-28(23)25/h3-12,17-18,26-27,31H,2,13-16,19-20H2,1H3,(H,30,33). The Labute approximate surface area is 202 Å². The minimum atomic E-state index is 0.0312. The van der Waals surface area contributed by atoms with Crippen molar-refractivity contribution in [3.05, 3.63) is 89.5 Å². The highest BCUT2D eigenvalue weighted by molar-refractivity contribution is 5.74. The van der Waals surface area contributed by atoms with Crippen LogP contribution < -0.4 is 15.4 Å². The summed E-state index contributed by atoms with van der Waals surface area (Å²) in [6, 6.07) is 26.0. The fourth-order valence-electron chi connectivity index (χ4n) is 5.24. The Balaban J connectivity index is 1.37. The van der Waals surface area contributed by atoms with E-state index in [4.69, 9.17) is 4.74 Å². The predicted molar refractivity (Wildman–Crippen MR) is 136 cm³/mol. The van der Waals surface area contributed by atoms with Crippen LogP contribution in [0.1, 0.15) is 36.0 Å². The van der Waals surface area contributed by atoms with Crippen molar-refractivity contribution < 1.29 is 9.53 Å². The molecule has 2 unspecified atom stereocenters. The van der Waals surface area contributed by atoms with Gasteiger partial charge in [-0.1, -0.05) is 60.7 Å². The van der Waals surface area contributed by atoms with Crippen LogP contribution in [0.15, 0.2) is 72.8 Å². The van der Waals surface area contributed by atoms with Crippen LogP contribution in [0.4, 0.5) is 4.79 Å². The number of nitrogens with one attached hydrogen (secondary N) is 2. The highest BCUT2D eigenvalue weighted by atomic mass is 16.5. The molecule has 2 atom stereocenters. The zero-order valence-corrected chi connectivity index (χ0v) is 19.8. The molecule has 34 heavy (non-hydrogen) atoms. The number of carbonyl (C=O) groups excluding carboxylic acids is 1. The van der Waals surface area contributed by atoms with E-state index in [9.17, 15) is 4.79 Å². The van der Waals surface area contributed by atoms with Gasteiger partial charge in [0.2, 0.25) is 0 Å². The lowest BCUT2D eigenvalue weighted by Gasteiger charge is -2.39. The minimum absolute atomic E-state index is 0.0312. The van der Waals surface area contributed by atoms with Crippen LogP contribution in [0.25, 0.3) is 11.1 Å². The fourth-order valence-corrected chi connectivity index (χ4v) is 5.24. The van der Waals surface area contributed by atoms with Gasteiger partial charge in [-0.2, -0.15) is 0 Å². The van der Waals surface area contributed by atoms with E-state index < -0.39 is 0 Å². The van der Waals surface area contributed by atoms with Crippen molar-refractivity contribution in [1.82, 2.24) is 15.5 Å². The highest BCUT2D eigenvalue weighted by Crippen LogP contribution is 2.35. The lowest BCUT2D eigenvalue weighted by atomic mass is 9.85. The molecule has 1 saturated heterocycles. The molecule has 2 aliphatic heterocycles. The van der Waals surface area contributed by atoms with Crippen molar-refractivity contribution in [2.45, 2.75) is 38.3 Å². The van der Waals surface area contributed by atoms with Crippen LogP contribution in [0.5, 0.6) is 5.75 Å². The van der Waals surface area contributed by atoms with Gasteiger partial charge in [0.15, 0.2) is 0 Å². The summed E-state index contributed by atoms with van der Waals surface area (Å²) in [6.07, 6.45) is 1.87. The number of amides is 2. The lowest BCUT2D eigenvalue weighted by molar-refractivity contribution is 0.165. The monoisotopic (exact) mass is 455 g/mol. The molecular weight excluding hydrogens is 422 g/mol. The summed E-state index contributed by atoms with van der Waals surface area (Å²) in [6.45, 7) is 5.58. The number of rotatable bonds is 6. The summed E-state index contributed by atoms with van der Waals surface area (Å²) >= 11 is 0. The molecule has 176 valence electrons. The summed E-state index contributed by atoms with van der Waals surface area (Å²) in [5, 5.41) is 6.81. The Kier molecular flexibility index (Phi) is 6.82. The molecular formula is C29H33N3O2. The van der Waals surface area contributed by atoms with E-state index in [-0.39, 0.29) is 18.0 Å². The largest absolute Gasteiger partial charge is 0.493 e. The van der Waals surface area contributed by atoms with E-state index in [1.807, 2.05) is 17.9 Å². The quantitative estimate of drug-likeness (QED) is 0.552. The molecule has 5 heteroatoms. The van der Waals surface area contributed by atoms with Gasteiger partial charge in [-0.25, -0.2) is 4.79 Å². The van der Waals surface area contributed by atoms with Crippen LogP contribution in [-0.2, 0) is 13.0 Å². The summed E-state index contributed by atoms with van der Waals surface area (Å²) in [5.74, 6) is 1.28. The first-order chi connectivity index (χ1) is 16.7. The average molecular weight is 456 g/mol. The van der Waals surface area contributed by atoms with Crippen molar-refractivity contribution in [3.63, 3.8) is 0 Å². The Bertz CT molecular complexity index is 1120. The maximum absolute atomic E-state index is 12.5. The Morgan fingerprint density at radius 2 is 1.79 bits per heavy atom. The molecule has 3 aromatic carbocycles. The van der Waals surface area contributed by atoms with Gasteiger partial charge < -0.3 is 20.3 Å². The van der Waals surface area contributed by atoms with Gasteiger partial charge in [0.1, 0.15) is 5.75 Å². The Morgan fingerprint density at radius 1 is 1.03 bits per heavy atom. The maximum atomic E-state index is 12.5. The molecule has 0 spiro atoms. The number of carbonyl (C=O) groups is 1. The normalized spacial score (nSPS) is 19.4. The first-order valence-electron chi connectivity index (χ1n) is 12.4. The van der Waals surface area contributed by atoms with Crippen LogP contribution in [-0.4, -0.2) is 43.2 Å². The number of urea groups is 1. The van der Waals surface area contributed by atoms with Crippen molar-refractivity contribution in [2.75, 3.05) is 26.2 Å². The maximum Gasteiger partial charge on any atom is 0.317 e. The third-order valence-electron chi connectivity index (χ3n) is 6.98. The van der Waals surface area contributed by atoms with Gasteiger partial charge in [-0.05, 0) is 47.7 Å². The molecule has 0 saturated carbocycles. The van der Waals surface area contributed by atoms with Gasteiger partial charge >= 0.3 is 6.03 Å². The molecule has 3 aromatic rings. The summed E-state index contributed by atoms with van der Waals surface area (Å²) in [4.78, 5) is 14.5. The van der Waals surface area contributed by atoms with Crippen molar-refractivity contribution in [2.24, 2.45) is 0 Å². The zero-order valence-electron chi connectivity index (χ0n) is 19.8. The third kappa shape index (κ3) is 4.80. The van der Waals surface area contributed by atoms with Gasteiger partial charge in [0.25, 0.3) is 0 Å². The molecule has 1 fully saturated rings. The van der Waals surface area contributed by atoms with Crippen LogP contribution >= 0.6 is 0 Å². The summed E-state index contributed by atoms with van der Waals surface area (Å²) in [5.41, 5.74) is 6.26. The number of likely N-dealkylation sites (tertiary alicyclic amines) is 1. The molecule has 0 aliphatic carbocycles. The number of hydrogen-bond acceptors (Lipinski definition) is 3. The van der Waals surface area contributed by atoms with Gasteiger partial charge in [-0.3, -0.25) is 0 Å². The first-order valence-corrected chi connectivity index (χ1v) is 12.4. The molecule has 0 bridgehead atoms. The van der Waals surface area contributed by atoms with E-state index in [1.165, 1.54) is 27.8 Å². The summed E-state index contributed by atoms with van der Waals surface area (Å²) < 4.78 is 6.05. The summed E-state index contributed by atoms with van der Waals surface area (Å²) in [7, 11) is 0. The minimum Gasteiger partial charge on any atom is -0.493 e. The van der Waals surface area contributed by atoms with E-state index in [0.29, 0.717) is 13.1 Å². The predicted octanol–water partition coefficient (Wildman–Crippen LogP) is 4.97. The van der Waals surface area contributed by atoms with E-state index >= 15 is 0 Å². The topological polar surface area (TPSA) is 53.6 Å². The van der Waals surface area contributed by atoms with Crippen molar-refractivity contribution in [3.8, 4) is 16.9 Å². The molecule has 2 amide bonds. The van der Waals surface area contributed by atoms with Crippen LogP contribution in [0.3, 0.4) is 0 Å².